The molecule has 1 N–H and O–H groups in total. The summed E-state index contributed by atoms with van der Waals surface area (Å²) in [5.74, 6) is 0. The van der Waals surface area contributed by atoms with Gasteiger partial charge in [0.25, 0.3) is 0 Å². The van der Waals surface area contributed by atoms with Crippen LogP contribution in [0.5, 0.6) is 0 Å². The summed E-state index contributed by atoms with van der Waals surface area (Å²) < 4.78 is 8.81. The van der Waals surface area contributed by atoms with Crippen molar-refractivity contribution >= 4 is 22.8 Å². The first-order chi connectivity index (χ1) is 5.90. The number of fused-ring (bicyclic) bond motifs is 1. The van der Waals surface area contributed by atoms with Gasteiger partial charge in [0.15, 0.2) is 0 Å². The van der Waals surface area contributed by atoms with Gasteiger partial charge >= 0.3 is 0 Å². The molecule has 0 amide bonds. The molecule has 0 aliphatic heterocycles. The fraction of sp³-hybridized carbons (Fsp3) is 0. The van der Waals surface area contributed by atoms with Crippen molar-refractivity contribution in [1.82, 2.24) is 0 Å². The molecule has 0 saturated heterocycles. The van der Waals surface area contributed by atoms with E-state index in [0.29, 0.717) is 0 Å². The predicted octanol–water partition coefficient (Wildman–Crippen LogP) is 3.40. The molecule has 0 saturated carbocycles. The van der Waals surface area contributed by atoms with Crippen LogP contribution in [0.15, 0.2) is 47.4 Å². The third-order valence-corrected chi connectivity index (χ3v) is 2.29. The van der Waals surface area contributed by atoms with E-state index in [1.807, 2.05) is 36.4 Å². The minimum atomic E-state index is 0.784. The van der Waals surface area contributed by atoms with Crippen molar-refractivity contribution in [1.29, 1.82) is 0 Å². The molecule has 0 fully saturated rings. The Hall–Kier alpha value is -0.990. The molecule has 2 aromatic rings. The van der Waals surface area contributed by atoms with Crippen LogP contribution in [0.1, 0.15) is 0 Å². The van der Waals surface area contributed by atoms with Gasteiger partial charge in [-0.3, -0.25) is 0 Å². The first-order valence-electron chi connectivity index (χ1n) is 3.70. The Morgan fingerprint density at radius 1 is 0.917 bits per heavy atom. The minimum absolute atomic E-state index is 0.784. The molecule has 2 aromatic carbocycles. The molecule has 2 heteroatoms. The highest BCUT2D eigenvalue weighted by Gasteiger charge is 1.93. The topological polar surface area (TPSA) is 20.2 Å². The van der Waals surface area contributed by atoms with Crippen molar-refractivity contribution in [2.75, 3.05) is 0 Å². The van der Waals surface area contributed by atoms with Gasteiger partial charge in [-0.25, -0.2) is 0 Å². The zero-order valence-electron chi connectivity index (χ0n) is 6.40. The summed E-state index contributed by atoms with van der Waals surface area (Å²) in [4.78, 5) is 0.883. The molecule has 12 heavy (non-hydrogen) atoms. The van der Waals surface area contributed by atoms with E-state index in [4.69, 9.17) is 4.55 Å². The number of hydrogen-bond acceptors (Lipinski definition) is 2. The zero-order chi connectivity index (χ0) is 8.39. The summed E-state index contributed by atoms with van der Waals surface area (Å²) in [7, 11) is 0. The van der Waals surface area contributed by atoms with Crippen LogP contribution in [0.25, 0.3) is 10.8 Å². The lowest BCUT2D eigenvalue weighted by Gasteiger charge is -1.98. The van der Waals surface area contributed by atoms with E-state index < -0.39 is 0 Å². The molecular weight excluding hydrogens is 168 g/mol. The van der Waals surface area contributed by atoms with Gasteiger partial charge in [-0.15, -0.1) is 0 Å². The van der Waals surface area contributed by atoms with E-state index in [0.717, 1.165) is 22.3 Å². The van der Waals surface area contributed by atoms with Crippen LogP contribution < -0.4 is 0 Å². The highest BCUT2D eigenvalue weighted by Crippen LogP contribution is 2.20. The van der Waals surface area contributed by atoms with E-state index in [1.54, 1.807) is 0 Å². The summed E-state index contributed by atoms with van der Waals surface area (Å²) in [6.07, 6.45) is 0. The molecule has 0 aromatic heterocycles. The van der Waals surface area contributed by atoms with Gasteiger partial charge in [-0.1, -0.05) is 30.3 Å². The number of rotatable bonds is 1. The second kappa shape index (κ2) is 3.17. The van der Waals surface area contributed by atoms with E-state index in [9.17, 15) is 0 Å². The molecule has 0 bridgehead atoms. The minimum Gasteiger partial charge on any atom is -0.325 e. The van der Waals surface area contributed by atoms with Crippen LogP contribution in [-0.2, 0) is 0 Å². The van der Waals surface area contributed by atoms with Crippen LogP contribution in [0.4, 0.5) is 0 Å². The second-order valence-corrected chi connectivity index (χ2v) is 3.25. The molecule has 1 nitrogen and oxygen atoms in total. The van der Waals surface area contributed by atoms with Crippen LogP contribution in [0, 0.1) is 0 Å². The third-order valence-electron chi connectivity index (χ3n) is 1.83. The number of benzene rings is 2. The van der Waals surface area contributed by atoms with Crippen molar-refractivity contribution < 1.29 is 4.55 Å². The largest absolute Gasteiger partial charge is 0.325 e. The van der Waals surface area contributed by atoms with Crippen LogP contribution in [0.3, 0.4) is 0 Å². The Morgan fingerprint density at radius 3 is 2.42 bits per heavy atom. The molecule has 0 heterocycles. The normalized spacial score (nSPS) is 10.4. The lowest BCUT2D eigenvalue weighted by Crippen LogP contribution is -1.72. The van der Waals surface area contributed by atoms with Gasteiger partial charge in [-0.05, 0) is 22.9 Å². The Balaban J connectivity index is 2.67. The highest BCUT2D eigenvalue weighted by atomic mass is 32.2. The monoisotopic (exact) mass is 176 g/mol. The van der Waals surface area contributed by atoms with E-state index in [2.05, 4.69) is 6.07 Å². The Morgan fingerprint density at radius 2 is 1.67 bits per heavy atom. The average molecular weight is 176 g/mol. The van der Waals surface area contributed by atoms with E-state index in [1.165, 1.54) is 5.39 Å². The maximum absolute atomic E-state index is 8.81. The predicted molar refractivity (Wildman–Crippen MR) is 52.4 cm³/mol. The molecule has 2 rings (SSSR count). The first-order valence-corrected chi connectivity index (χ1v) is 4.48. The van der Waals surface area contributed by atoms with Gasteiger partial charge in [-0.2, -0.15) is 0 Å². The van der Waals surface area contributed by atoms with Gasteiger partial charge in [0.2, 0.25) is 0 Å². The van der Waals surface area contributed by atoms with Crippen molar-refractivity contribution in [3.8, 4) is 0 Å². The Kier molecular flexibility index (Phi) is 2.02. The van der Waals surface area contributed by atoms with Crippen LogP contribution >= 0.6 is 12.0 Å². The maximum atomic E-state index is 8.81. The summed E-state index contributed by atoms with van der Waals surface area (Å²) in [6.45, 7) is 0. The van der Waals surface area contributed by atoms with Crippen LogP contribution in [0.2, 0.25) is 0 Å². The quantitative estimate of drug-likeness (QED) is 0.672. The average Bonchev–Trinajstić information content (AvgIpc) is 2.17. The number of hydrogen-bond donors (Lipinski definition) is 1. The molecule has 60 valence electrons. The van der Waals surface area contributed by atoms with Crippen molar-refractivity contribution in [2.45, 2.75) is 4.90 Å². The first kappa shape index (κ1) is 7.65. The van der Waals surface area contributed by atoms with Crippen LogP contribution in [-0.4, -0.2) is 4.55 Å². The SMILES string of the molecule is OSc1ccc2ccccc2c1. The van der Waals surface area contributed by atoms with Crippen molar-refractivity contribution in [3.63, 3.8) is 0 Å². The van der Waals surface area contributed by atoms with Gasteiger partial charge in [0.05, 0.1) is 0 Å². The van der Waals surface area contributed by atoms with E-state index in [-0.39, 0.29) is 0 Å². The highest BCUT2D eigenvalue weighted by molar-refractivity contribution is 7.93. The molecule has 0 aliphatic rings. The van der Waals surface area contributed by atoms with E-state index >= 15 is 0 Å². The molecule has 0 unspecified atom stereocenters. The second-order valence-electron chi connectivity index (χ2n) is 2.60. The standard InChI is InChI=1S/C10H8OS/c11-12-10-6-5-8-3-1-2-4-9(8)7-10/h1-7,11H. The Bertz CT molecular complexity index is 398. The Labute approximate surface area is 75.2 Å². The lowest BCUT2D eigenvalue weighted by atomic mass is 10.1. The summed E-state index contributed by atoms with van der Waals surface area (Å²) in [5.41, 5.74) is 0. The molecule has 0 spiro atoms. The maximum Gasteiger partial charge on any atom is 0.0357 e. The zero-order valence-corrected chi connectivity index (χ0v) is 7.21. The lowest BCUT2D eigenvalue weighted by molar-refractivity contribution is 0.664. The van der Waals surface area contributed by atoms with Gasteiger partial charge in [0.1, 0.15) is 0 Å². The smallest absolute Gasteiger partial charge is 0.0357 e. The fourth-order valence-electron chi connectivity index (χ4n) is 1.22. The molecule has 0 atom stereocenters. The van der Waals surface area contributed by atoms with Gasteiger partial charge < -0.3 is 4.55 Å². The van der Waals surface area contributed by atoms with Crippen molar-refractivity contribution in [2.24, 2.45) is 0 Å². The third kappa shape index (κ3) is 1.31. The van der Waals surface area contributed by atoms with Crippen molar-refractivity contribution in [3.05, 3.63) is 42.5 Å². The molecular formula is C10H8OS. The summed E-state index contributed by atoms with van der Waals surface area (Å²) in [6, 6.07) is 14.0. The molecule has 0 aliphatic carbocycles. The summed E-state index contributed by atoms with van der Waals surface area (Å²) in [5, 5.41) is 2.37. The van der Waals surface area contributed by atoms with Gasteiger partial charge in [0, 0.05) is 16.9 Å². The summed E-state index contributed by atoms with van der Waals surface area (Å²) >= 11 is 0.784. The fourth-order valence-corrected chi connectivity index (χ4v) is 1.53. The molecule has 0 radical (unpaired) electrons.